The van der Waals surface area contributed by atoms with Crippen molar-refractivity contribution in [3.63, 3.8) is 0 Å². The first kappa shape index (κ1) is 46.5. The van der Waals surface area contributed by atoms with Crippen LogP contribution in [-0.2, 0) is 54.1 Å². The molecule has 0 spiro atoms. The Morgan fingerprint density at radius 3 is 1.10 bits per heavy atom. The molecule has 0 heterocycles. The molecule has 0 N–H and O–H groups in total. The summed E-state index contributed by atoms with van der Waals surface area (Å²) in [5.41, 5.74) is -1.76. The molecule has 0 saturated carbocycles. The average Bonchev–Trinajstić information content (AvgIpc) is 2.93. The molecule has 0 amide bonds. The normalized spacial score (nSPS) is 12.5. The number of aryl methyl sites for hydroxylation is 1. The van der Waals surface area contributed by atoms with Crippen molar-refractivity contribution in [2.75, 3.05) is 65.5 Å². The van der Waals surface area contributed by atoms with E-state index in [1.165, 1.54) is 0 Å². The Hall–Kier alpha value is -3.55. The molecule has 0 atom stereocenters. The van der Waals surface area contributed by atoms with Gasteiger partial charge < -0.3 is 23.7 Å². The first-order chi connectivity index (χ1) is 23.8. The number of hydrogen-bond acceptors (Lipinski definition) is 13. The third-order valence-electron chi connectivity index (χ3n) is 6.62. The Morgan fingerprint density at radius 1 is 0.462 bits per heavy atom. The lowest BCUT2D eigenvalue weighted by molar-refractivity contribution is -0.162. The van der Waals surface area contributed by atoms with Gasteiger partial charge in [0.05, 0.1) is 39.3 Å². The fourth-order valence-corrected chi connectivity index (χ4v) is 4.82. The van der Waals surface area contributed by atoms with E-state index >= 15 is 0 Å². The molecule has 0 unspecified atom stereocenters. The minimum Gasteiger partial charge on any atom is -0.465 e. The first-order valence-electron chi connectivity index (χ1n) is 18.0. The lowest BCUT2D eigenvalue weighted by Crippen LogP contribution is -2.47. The average molecular weight is 736 g/mol. The van der Waals surface area contributed by atoms with Crippen LogP contribution in [0.4, 0.5) is 0 Å². The Morgan fingerprint density at radius 2 is 0.769 bits per heavy atom. The molecule has 1 rings (SSSR count). The van der Waals surface area contributed by atoms with E-state index in [1.54, 1.807) is 97.8 Å². The maximum absolute atomic E-state index is 13.1. The van der Waals surface area contributed by atoms with Gasteiger partial charge in [-0.1, -0.05) is 30.3 Å². The maximum Gasteiger partial charge on any atom is 0.320 e. The van der Waals surface area contributed by atoms with Gasteiger partial charge in [0.25, 0.3) is 0 Å². The summed E-state index contributed by atoms with van der Waals surface area (Å²) in [6, 6.07) is 9.91. The fourth-order valence-electron chi connectivity index (χ4n) is 4.82. The van der Waals surface area contributed by atoms with Crippen LogP contribution in [-0.4, -0.2) is 132 Å². The molecule has 1 aromatic rings. The molecule has 0 aliphatic carbocycles. The molecule has 13 nitrogen and oxygen atoms in total. The molecule has 1 aromatic carbocycles. The summed E-state index contributed by atoms with van der Waals surface area (Å²) in [6.07, 6.45) is 1.40. The summed E-state index contributed by atoms with van der Waals surface area (Å²) in [5.74, 6) is -2.50. The molecule has 0 fully saturated rings. The van der Waals surface area contributed by atoms with Gasteiger partial charge in [-0.25, -0.2) is 0 Å². The number of benzene rings is 1. The van der Waals surface area contributed by atoms with Crippen LogP contribution >= 0.6 is 0 Å². The van der Waals surface area contributed by atoms with Crippen LogP contribution in [0.2, 0.25) is 0 Å². The van der Waals surface area contributed by atoms with Crippen molar-refractivity contribution in [1.29, 1.82) is 0 Å². The lowest BCUT2D eigenvalue weighted by atomic mass is 10.1. The second kappa shape index (κ2) is 21.2. The van der Waals surface area contributed by atoms with Gasteiger partial charge in [0.1, 0.15) is 22.4 Å². The SMILES string of the molecule is CC(C)(C)OC(=O)CN(CCN(CCN(CC(=O)OC(C)(C)C)CC(=O)OC(C)(C)C)CC(=O)OCCCc1ccccc1)CC(=O)OC(C)(C)C. The minimum atomic E-state index is -0.725. The lowest BCUT2D eigenvalue weighted by Gasteiger charge is -2.30. The number of nitrogens with zero attached hydrogens (tertiary/aromatic N) is 3. The van der Waals surface area contributed by atoms with Crippen molar-refractivity contribution in [2.45, 2.75) is 118 Å². The number of esters is 5. The van der Waals surface area contributed by atoms with E-state index in [0.29, 0.717) is 6.42 Å². The van der Waals surface area contributed by atoms with Gasteiger partial charge in [-0.15, -0.1) is 0 Å². The van der Waals surface area contributed by atoms with Crippen molar-refractivity contribution in [3.8, 4) is 0 Å². The second-order valence-electron chi connectivity index (χ2n) is 16.9. The Kier molecular flexibility index (Phi) is 19.0. The predicted octanol–water partition coefficient (Wildman–Crippen LogP) is 4.44. The molecule has 0 aliphatic heterocycles. The van der Waals surface area contributed by atoms with Gasteiger partial charge in [-0.2, -0.15) is 0 Å². The van der Waals surface area contributed by atoms with E-state index in [9.17, 15) is 24.0 Å². The zero-order valence-electron chi connectivity index (χ0n) is 33.8. The van der Waals surface area contributed by atoms with E-state index in [0.717, 1.165) is 12.0 Å². The van der Waals surface area contributed by atoms with Crippen molar-refractivity contribution < 1.29 is 47.7 Å². The summed E-state index contributed by atoms with van der Waals surface area (Å²) in [5, 5.41) is 0. The largest absolute Gasteiger partial charge is 0.465 e. The molecular formula is C39H65N3O10. The Bertz CT molecular complexity index is 1150. The number of carbonyl (C=O) groups is 5. The molecule has 0 saturated heterocycles. The van der Waals surface area contributed by atoms with Crippen LogP contribution in [0.3, 0.4) is 0 Å². The Balaban J connectivity index is 3.18. The molecule has 0 aromatic heterocycles. The highest BCUT2D eigenvalue weighted by Gasteiger charge is 2.27. The van der Waals surface area contributed by atoms with Crippen molar-refractivity contribution in [2.24, 2.45) is 0 Å². The van der Waals surface area contributed by atoms with Gasteiger partial charge in [0.15, 0.2) is 0 Å². The molecule has 296 valence electrons. The zero-order chi connectivity index (χ0) is 39.8. The first-order valence-corrected chi connectivity index (χ1v) is 18.0. The summed E-state index contributed by atoms with van der Waals surface area (Å²) < 4.78 is 27.6. The standard InChI is InChI=1S/C39H65N3O10/c1-36(2,3)49-32(44)26-41(27-33(45)50-37(4,5)6)22-20-40(25-31(43)48-24-16-19-30-17-14-13-15-18-30)21-23-42(28-34(46)51-38(7,8)9)29-35(47)52-39(10,11)12/h13-15,17-18H,16,19-29H2,1-12H3. The zero-order valence-corrected chi connectivity index (χ0v) is 33.8. The fraction of sp³-hybridized carbons (Fsp3) is 0.718. The maximum atomic E-state index is 13.1. The third kappa shape index (κ3) is 25.4. The Labute approximate surface area is 311 Å². The molecule has 13 heteroatoms. The van der Waals surface area contributed by atoms with Crippen molar-refractivity contribution in [3.05, 3.63) is 35.9 Å². The topological polar surface area (TPSA) is 141 Å². The highest BCUT2D eigenvalue weighted by molar-refractivity contribution is 5.76. The molecule has 0 radical (unpaired) electrons. The monoisotopic (exact) mass is 735 g/mol. The summed E-state index contributed by atoms with van der Waals surface area (Å²) >= 11 is 0. The third-order valence-corrected chi connectivity index (χ3v) is 6.62. The molecular weight excluding hydrogens is 670 g/mol. The van der Waals surface area contributed by atoms with Gasteiger partial charge in [0, 0.05) is 26.2 Å². The smallest absolute Gasteiger partial charge is 0.320 e. The predicted molar refractivity (Wildman–Crippen MR) is 198 cm³/mol. The number of rotatable bonds is 20. The number of ether oxygens (including phenoxy) is 5. The minimum absolute atomic E-state index is 0.106. The van der Waals surface area contributed by atoms with Crippen LogP contribution in [0.15, 0.2) is 30.3 Å². The highest BCUT2D eigenvalue weighted by Crippen LogP contribution is 2.12. The second-order valence-corrected chi connectivity index (χ2v) is 16.9. The molecule has 52 heavy (non-hydrogen) atoms. The summed E-state index contributed by atoms with van der Waals surface area (Å²) in [4.78, 5) is 69.4. The molecule has 0 aliphatic rings. The van der Waals surface area contributed by atoms with E-state index in [2.05, 4.69) is 0 Å². The van der Waals surface area contributed by atoms with Gasteiger partial charge in [0.2, 0.25) is 0 Å². The van der Waals surface area contributed by atoms with Gasteiger partial charge in [-0.3, -0.25) is 38.7 Å². The van der Waals surface area contributed by atoms with Crippen LogP contribution in [0, 0.1) is 0 Å². The van der Waals surface area contributed by atoms with Crippen LogP contribution in [0.25, 0.3) is 0 Å². The van der Waals surface area contributed by atoms with Crippen molar-refractivity contribution in [1.82, 2.24) is 14.7 Å². The van der Waals surface area contributed by atoms with E-state index in [1.807, 2.05) is 30.3 Å². The summed E-state index contributed by atoms with van der Waals surface area (Å²) in [6.45, 7) is 21.4. The van der Waals surface area contributed by atoms with Crippen LogP contribution in [0.5, 0.6) is 0 Å². The quantitative estimate of drug-likeness (QED) is 0.106. The summed E-state index contributed by atoms with van der Waals surface area (Å²) in [7, 11) is 0. The van der Waals surface area contributed by atoms with Crippen LogP contribution in [0.1, 0.15) is 95.1 Å². The van der Waals surface area contributed by atoms with Gasteiger partial charge >= 0.3 is 29.8 Å². The highest BCUT2D eigenvalue weighted by atomic mass is 16.6. The number of carbonyl (C=O) groups excluding carboxylic acids is 5. The van der Waals surface area contributed by atoms with Crippen molar-refractivity contribution >= 4 is 29.8 Å². The number of hydrogen-bond donors (Lipinski definition) is 0. The van der Waals surface area contributed by atoms with E-state index in [-0.39, 0.29) is 65.5 Å². The van der Waals surface area contributed by atoms with Crippen LogP contribution < -0.4 is 0 Å². The van der Waals surface area contributed by atoms with E-state index in [4.69, 9.17) is 23.7 Å². The molecule has 0 bridgehead atoms. The van der Waals surface area contributed by atoms with Gasteiger partial charge in [-0.05, 0) is 101 Å². The van der Waals surface area contributed by atoms with E-state index < -0.39 is 52.3 Å².